The number of hydrogen-bond donors (Lipinski definition) is 1. The molecule has 1 N–H and O–H groups in total. The van der Waals surface area contributed by atoms with Crippen LogP contribution in [0.25, 0.3) is 0 Å². The second kappa shape index (κ2) is 5.14. The molecule has 1 aliphatic rings. The molecule has 0 spiro atoms. The molecule has 2 nitrogen and oxygen atoms in total. The monoisotopic (exact) mass is 197 g/mol. The highest BCUT2D eigenvalue weighted by molar-refractivity contribution is 7.83. The maximum absolute atomic E-state index is 11.2. The molecule has 1 atom stereocenters. The van der Waals surface area contributed by atoms with Crippen molar-refractivity contribution < 1.29 is 4.21 Å². The fourth-order valence-electron chi connectivity index (χ4n) is 1.30. The van der Waals surface area contributed by atoms with Gasteiger partial charge < -0.3 is 0 Å². The summed E-state index contributed by atoms with van der Waals surface area (Å²) in [4.78, 5) is 0. The highest BCUT2D eigenvalue weighted by atomic mass is 32.2. The second-order valence-electron chi connectivity index (χ2n) is 2.88. The van der Waals surface area contributed by atoms with Gasteiger partial charge in [0.15, 0.2) is 0 Å². The van der Waals surface area contributed by atoms with Gasteiger partial charge in [-0.2, -0.15) is 0 Å². The zero-order chi connectivity index (χ0) is 9.68. The number of rotatable bonds is 2. The van der Waals surface area contributed by atoms with Crippen LogP contribution in [0.4, 0.5) is 0 Å². The molecule has 0 aromatic rings. The maximum Gasteiger partial charge on any atom is 0.0963 e. The minimum absolute atomic E-state index is 0.595. The second-order valence-corrected chi connectivity index (χ2v) is 4.14. The quantitative estimate of drug-likeness (QED) is 0.717. The van der Waals surface area contributed by atoms with Crippen LogP contribution in [0, 0.1) is 0 Å². The Balaban J connectivity index is 2.84. The van der Waals surface area contributed by atoms with Gasteiger partial charge in [0.2, 0.25) is 0 Å². The van der Waals surface area contributed by atoms with Gasteiger partial charge in [-0.3, -0.25) is 0 Å². The van der Waals surface area contributed by atoms with Crippen LogP contribution >= 0.6 is 0 Å². The molecular weight excluding hydrogens is 182 g/mol. The summed E-state index contributed by atoms with van der Waals surface area (Å²) in [7, 11) is -0.903. The molecule has 72 valence electrons. The smallest absolute Gasteiger partial charge is 0.0963 e. The van der Waals surface area contributed by atoms with Crippen molar-refractivity contribution in [2.24, 2.45) is 0 Å². The van der Waals surface area contributed by atoms with Crippen molar-refractivity contribution >= 4 is 11.0 Å². The van der Waals surface area contributed by atoms with Crippen molar-refractivity contribution in [3.8, 4) is 0 Å². The van der Waals surface area contributed by atoms with Gasteiger partial charge in [0.05, 0.1) is 16.7 Å². The molecule has 1 rings (SSSR count). The van der Waals surface area contributed by atoms with E-state index >= 15 is 0 Å². The Kier molecular flexibility index (Phi) is 4.12. The van der Waals surface area contributed by atoms with Gasteiger partial charge in [0.1, 0.15) is 0 Å². The zero-order valence-electron chi connectivity index (χ0n) is 7.88. The van der Waals surface area contributed by atoms with Gasteiger partial charge in [0.25, 0.3) is 0 Å². The summed E-state index contributed by atoms with van der Waals surface area (Å²) < 4.78 is 14.1. The lowest BCUT2D eigenvalue weighted by atomic mass is 10.1. The lowest BCUT2D eigenvalue weighted by molar-refractivity contribution is 0.673. The normalized spacial score (nSPS) is 29.5. The summed E-state index contributed by atoms with van der Waals surface area (Å²) in [6.07, 6.45) is 6.87. The van der Waals surface area contributed by atoms with Crippen LogP contribution in [-0.4, -0.2) is 16.5 Å². The van der Waals surface area contributed by atoms with E-state index in [1.165, 1.54) is 5.57 Å². The van der Waals surface area contributed by atoms with Crippen LogP contribution in [0.5, 0.6) is 0 Å². The van der Waals surface area contributed by atoms with Crippen LogP contribution < -0.4 is 4.72 Å². The Morgan fingerprint density at radius 3 is 3.00 bits per heavy atom. The van der Waals surface area contributed by atoms with Gasteiger partial charge in [-0.15, -0.1) is 0 Å². The van der Waals surface area contributed by atoms with Crippen LogP contribution in [0.15, 0.2) is 36.0 Å². The zero-order valence-corrected chi connectivity index (χ0v) is 8.69. The lowest BCUT2D eigenvalue weighted by Crippen LogP contribution is -2.30. The van der Waals surface area contributed by atoms with Gasteiger partial charge in [-0.05, 0) is 17.6 Å². The van der Waals surface area contributed by atoms with E-state index in [1.54, 1.807) is 6.08 Å². The molecule has 0 radical (unpaired) electrons. The summed E-state index contributed by atoms with van der Waals surface area (Å²) in [6, 6.07) is 0. The predicted molar refractivity (Wildman–Crippen MR) is 57.7 cm³/mol. The van der Waals surface area contributed by atoms with Crippen molar-refractivity contribution in [2.45, 2.75) is 13.3 Å². The molecule has 1 saturated heterocycles. The Morgan fingerprint density at radius 2 is 2.38 bits per heavy atom. The number of nitrogens with one attached hydrogen (secondary N) is 1. The minimum Gasteiger partial charge on any atom is -0.243 e. The Hall–Kier alpha value is -0.670. The highest BCUT2D eigenvalue weighted by Gasteiger charge is 2.14. The van der Waals surface area contributed by atoms with E-state index in [2.05, 4.69) is 24.3 Å². The Labute approximate surface area is 82.0 Å². The van der Waals surface area contributed by atoms with Crippen molar-refractivity contribution in [3.63, 3.8) is 0 Å². The fraction of sp³-hybridized carbons (Fsp3) is 0.400. The molecule has 1 fully saturated rings. The van der Waals surface area contributed by atoms with Crippen LogP contribution in [-0.2, 0) is 11.0 Å². The van der Waals surface area contributed by atoms with E-state index in [4.69, 9.17) is 0 Å². The lowest BCUT2D eigenvalue weighted by Gasteiger charge is -2.18. The first-order chi connectivity index (χ1) is 6.27. The highest BCUT2D eigenvalue weighted by Crippen LogP contribution is 2.15. The average molecular weight is 197 g/mol. The molecule has 1 unspecified atom stereocenters. The van der Waals surface area contributed by atoms with Gasteiger partial charge in [0, 0.05) is 6.54 Å². The molecule has 0 aromatic heterocycles. The third kappa shape index (κ3) is 2.94. The SMILES string of the molecule is C=C/C=C1/CS(=O)NC/C1=C/CC. The standard InChI is InChI=1S/C10H15NOS/c1-3-5-9-7-11-13(12)8-10(9)6-4-2/h4-6,11H,2-3,7-8H2,1H3/b9-5-,10-6-. The molecule has 0 aliphatic carbocycles. The van der Waals surface area contributed by atoms with E-state index in [9.17, 15) is 4.21 Å². The van der Waals surface area contributed by atoms with E-state index in [-0.39, 0.29) is 0 Å². The first-order valence-electron chi connectivity index (χ1n) is 4.40. The first-order valence-corrected chi connectivity index (χ1v) is 5.72. The van der Waals surface area contributed by atoms with Crippen molar-refractivity contribution in [2.75, 3.05) is 12.3 Å². The molecule has 0 amide bonds. The van der Waals surface area contributed by atoms with Crippen molar-refractivity contribution in [1.82, 2.24) is 4.72 Å². The average Bonchev–Trinajstić information content (AvgIpc) is 2.10. The summed E-state index contributed by atoms with van der Waals surface area (Å²) in [5, 5.41) is 0. The third-order valence-corrected chi connectivity index (χ3v) is 2.93. The topological polar surface area (TPSA) is 29.1 Å². The molecule has 0 saturated carbocycles. The Morgan fingerprint density at radius 1 is 1.62 bits per heavy atom. The first kappa shape index (κ1) is 10.4. The van der Waals surface area contributed by atoms with E-state index < -0.39 is 11.0 Å². The van der Waals surface area contributed by atoms with Gasteiger partial charge in [-0.1, -0.05) is 31.7 Å². The number of hydrogen-bond acceptors (Lipinski definition) is 1. The minimum atomic E-state index is -0.903. The van der Waals surface area contributed by atoms with Gasteiger partial charge >= 0.3 is 0 Å². The third-order valence-electron chi connectivity index (χ3n) is 1.89. The summed E-state index contributed by atoms with van der Waals surface area (Å²) in [5.41, 5.74) is 2.40. The molecule has 0 aromatic carbocycles. The van der Waals surface area contributed by atoms with Gasteiger partial charge in [-0.25, -0.2) is 8.93 Å². The molecule has 13 heavy (non-hydrogen) atoms. The maximum atomic E-state index is 11.2. The van der Waals surface area contributed by atoms with Crippen LogP contribution in [0.3, 0.4) is 0 Å². The predicted octanol–water partition coefficient (Wildman–Crippen LogP) is 1.70. The molecule has 1 aliphatic heterocycles. The molecule has 0 bridgehead atoms. The molecular formula is C10H15NOS. The van der Waals surface area contributed by atoms with Crippen molar-refractivity contribution in [1.29, 1.82) is 0 Å². The summed E-state index contributed by atoms with van der Waals surface area (Å²) in [6.45, 7) is 6.46. The Bertz CT molecular complexity index is 279. The fourth-order valence-corrected chi connectivity index (χ4v) is 2.29. The molecule has 3 heteroatoms. The van der Waals surface area contributed by atoms with Crippen LogP contribution in [0.1, 0.15) is 13.3 Å². The summed E-state index contributed by atoms with van der Waals surface area (Å²) in [5.74, 6) is 0.595. The van der Waals surface area contributed by atoms with E-state index in [0.717, 1.165) is 12.0 Å². The van der Waals surface area contributed by atoms with Crippen LogP contribution in [0.2, 0.25) is 0 Å². The van der Waals surface area contributed by atoms with E-state index in [0.29, 0.717) is 12.3 Å². The van der Waals surface area contributed by atoms with E-state index in [1.807, 2.05) is 6.08 Å². The number of allylic oxidation sites excluding steroid dienone is 3. The summed E-state index contributed by atoms with van der Waals surface area (Å²) >= 11 is 0. The molecule has 1 heterocycles. The largest absolute Gasteiger partial charge is 0.243 e. The van der Waals surface area contributed by atoms with Crippen molar-refractivity contribution in [3.05, 3.63) is 36.0 Å².